The van der Waals surface area contributed by atoms with Crippen LogP contribution in [0.3, 0.4) is 0 Å². The summed E-state index contributed by atoms with van der Waals surface area (Å²) in [6.45, 7) is 4.27. The van der Waals surface area contributed by atoms with Gasteiger partial charge in [0, 0.05) is 16.7 Å². The van der Waals surface area contributed by atoms with Gasteiger partial charge in [-0.3, -0.25) is 0 Å². The fourth-order valence-electron chi connectivity index (χ4n) is 1.72. The van der Waals surface area contributed by atoms with Crippen molar-refractivity contribution in [3.8, 4) is 0 Å². The molecule has 16 heavy (non-hydrogen) atoms. The second-order valence-corrected chi connectivity index (χ2v) is 5.27. The molecule has 0 amide bonds. The molecule has 0 aromatic heterocycles. The summed E-state index contributed by atoms with van der Waals surface area (Å²) in [7, 11) is 0. The van der Waals surface area contributed by atoms with E-state index in [0.29, 0.717) is 13.2 Å². The van der Waals surface area contributed by atoms with Crippen molar-refractivity contribution in [3.63, 3.8) is 0 Å². The number of benzene rings is 1. The summed E-state index contributed by atoms with van der Waals surface area (Å²) in [4.78, 5) is 0. The van der Waals surface area contributed by atoms with Crippen LogP contribution < -0.4 is 5.32 Å². The lowest BCUT2D eigenvalue weighted by Gasteiger charge is -2.40. The van der Waals surface area contributed by atoms with E-state index in [1.165, 1.54) is 5.56 Å². The van der Waals surface area contributed by atoms with E-state index in [-0.39, 0.29) is 12.0 Å². The molecule has 1 aromatic carbocycles. The molecule has 3 nitrogen and oxygen atoms in total. The summed E-state index contributed by atoms with van der Waals surface area (Å²) in [5, 5.41) is 12.7. The molecule has 0 radical (unpaired) electrons. The molecule has 0 atom stereocenters. The molecule has 1 aliphatic rings. The maximum atomic E-state index is 9.31. The predicted molar refractivity (Wildman–Crippen MR) is 67.7 cm³/mol. The molecule has 1 heterocycles. The van der Waals surface area contributed by atoms with Crippen molar-refractivity contribution in [1.82, 2.24) is 0 Å². The molecule has 1 aliphatic heterocycles. The van der Waals surface area contributed by atoms with Crippen molar-refractivity contribution in [2.24, 2.45) is 5.41 Å². The number of anilines is 1. The number of rotatable bonds is 4. The molecule has 1 aromatic rings. The van der Waals surface area contributed by atoms with Crippen LogP contribution in [0.1, 0.15) is 5.56 Å². The maximum Gasteiger partial charge on any atom is 0.0584 e. The Kier molecular flexibility index (Phi) is 3.52. The minimum Gasteiger partial charge on any atom is -0.396 e. The first kappa shape index (κ1) is 11.9. The van der Waals surface area contributed by atoms with Gasteiger partial charge in [0.15, 0.2) is 0 Å². The van der Waals surface area contributed by atoms with E-state index in [1.54, 1.807) is 0 Å². The monoisotopic (exact) mass is 285 g/mol. The molecule has 0 bridgehead atoms. The molecule has 0 unspecified atom stereocenters. The Morgan fingerprint density at radius 2 is 2.25 bits per heavy atom. The van der Waals surface area contributed by atoms with E-state index in [4.69, 9.17) is 4.74 Å². The second-order valence-electron chi connectivity index (χ2n) is 4.42. The largest absolute Gasteiger partial charge is 0.396 e. The third kappa shape index (κ3) is 2.24. The molecule has 0 spiro atoms. The van der Waals surface area contributed by atoms with Gasteiger partial charge in [0.1, 0.15) is 0 Å². The van der Waals surface area contributed by atoms with Crippen molar-refractivity contribution in [1.29, 1.82) is 0 Å². The van der Waals surface area contributed by atoms with Gasteiger partial charge in [-0.2, -0.15) is 0 Å². The third-order valence-electron chi connectivity index (χ3n) is 3.07. The first-order valence-electron chi connectivity index (χ1n) is 5.34. The lowest BCUT2D eigenvalue weighted by Crippen LogP contribution is -2.50. The molecule has 1 saturated heterocycles. The summed E-state index contributed by atoms with van der Waals surface area (Å²) in [6, 6.07) is 6.07. The number of hydrogen-bond donors (Lipinski definition) is 2. The molecule has 0 saturated carbocycles. The fourth-order valence-corrected chi connectivity index (χ4v) is 2.09. The molecular weight excluding hydrogens is 270 g/mol. The number of hydrogen-bond acceptors (Lipinski definition) is 3. The second kappa shape index (κ2) is 4.73. The smallest absolute Gasteiger partial charge is 0.0584 e. The Hall–Kier alpha value is -0.580. The highest BCUT2D eigenvalue weighted by atomic mass is 79.9. The first-order chi connectivity index (χ1) is 7.67. The van der Waals surface area contributed by atoms with Gasteiger partial charge in [0.2, 0.25) is 0 Å². The van der Waals surface area contributed by atoms with Gasteiger partial charge in [0.05, 0.1) is 25.2 Å². The number of aliphatic hydroxyl groups excluding tert-OH is 1. The van der Waals surface area contributed by atoms with Crippen molar-refractivity contribution in [2.75, 3.05) is 31.7 Å². The summed E-state index contributed by atoms with van der Waals surface area (Å²) in [6.07, 6.45) is 0. The maximum absolute atomic E-state index is 9.31. The van der Waals surface area contributed by atoms with E-state index in [1.807, 2.05) is 18.2 Å². The van der Waals surface area contributed by atoms with Crippen molar-refractivity contribution >= 4 is 21.6 Å². The number of halogens is 1. The van der Waals surface area contributed by atoms with Crippen molar-refractivity contribution < 1.29 is 9.84 Å². The zero-order valence-corrected chi connectivity index (χ0v) is 10.9. The van der Waals surface area contributed by atoms with Gasteiger partial charge in [0.25, 0.3) is 0 Å². The van der Waals surface area contributed by atoms with Crippen LogP contribution >= 0.6 is 15.9 Å². The van der Waals surface area contributed by atoms with Gasteiger partial charge < -0.3 is 15.2 Å². The lowest BCUT2D eigenvalue weighted by atomic mass is 9.87. The molecule has 0 aliphatic carbocycles. The molecule has 2 N–H and O–H groups in total. The quantitative estimate of drug-likeness (QED) is 0.891. The Bertz CT molecular complexity index is 372. The highest BCUT2D eigenvalue weighted by molar-refractivity contribution is 9.10. The number of ether oxygens (including phenoxy) is 1. The molecule has 4 heteroatoms. The minimum absolute atomic E-state index is 0.0885. The number of aliphatic hydroxyl groups is 1. The molecule has 88 valence electrons. The van der Waals surface area contributed by atoms with Crippen LogP contribution in [0.15, 0.2) is 22.7 Å². The molecule has 1 fully saturated rings. The van der Waals surface area contributed by atoms with Crippen LogP contribution in [0.5, 0.6) is 0 Å². The first-order valence-corrected chi connectivity index (χ1v) is 6.14. The van der Waals surface area contributed by atoms with Gasteiger partial charge in [-0.15, -0.1) is 0 Å². The highest BCUT2D eigenvalue weighted by Crippen LogP contribution is 2.29. The Labute approximate surface area is 104 Å². The average Bonchev–Trinajstić information content (AvgIpc) is 2.23. The Balaban J connectivity index is 2.02. The van der Waals surface area contributed by atoms with Crippen molar-refractivity contribution in [3.05, 3.63) is 28.2 Å². The fraction of sp³-hybridized carbons (Fsp3) is 0.500. The van der Waals surface area contributed by atoms with Crippen molar-refractivity contribution in [2.45, 2.75) is 6.92 Å². The topological polar surface area (TPSA) is 41.5 Å². The summed E-state index contributed by atoms with van der Waals surface area (Å²) in [5.74, 6) is 0. The van der Waals surface area contributed by atoms with E-state index < -0.39 is 0 Å². The minimum atomic E-state index is -0.0885. The SMILES string of the molecule is Cc1c(Br)cccc1NCC1(CO)COC1. The van der Waals surface area contributed by atoms with Gasteiger partial charge in [-0.05, 0) is 24.6 Å². The highest BCUT2D eigenvalue weighted by Gasteiger charge is 2.37. The van der Waals surface area contributed by atoms with E-state index in [9.17, 15) is 5.11 Å². The van der Waals surface area contributed by atoms with Crippen LogP contribution in [0.4, 0.5) is 5.69 Å². The van der Waals surface area contributed by atoms with Crippen LogP contribution in [-0.4, -0.2) is 31.5 Å². The zero-order valence-electron chi connectivity index (χ0n) is 9.29. The van der Waals surface area contributed by atoms with Gasteiger partial charge in [-0.1, -0.05) is 22.0 Å². The summed E-state index contributed by atoms with van der Waals surface area (Å²) in [5.41, 5.74) is 2.21. The zero-order chi connectivity index (χ0) is 11.6. The summed E-state index contributed by atoms with van der Waals surface area (Å²) < 4.78 is 6.26. The standard InChI is InChI=1S/C12H16BrNO2/c1-9-10(13)3-2-4-11(9)14-5-12(6-15)7-16-8-12/h2-4,14-15H,5-8H2,1H3. The van der Waals surface area contributed by atoms with Gasteiger partial charge in [-0.25, -0.2) is 0 Å². The molecule has 2 rings (SSSR count). The van der Waals surface area contributed by atoms with Crippen LogP contribution in [0.25, 0.3) is 0 Å². The average molecular weight is 286 g/mol. The van der Waals surface area contributed by atoms with E-state index >= 15 is 0 Å². The van der Waals surface area contributed by atoms with E-state index in [0.717, 1.165) is 16.7 Å². The van der Waals surface area contributed by atoms with Crippen LogP contribution in [0, 0.1) is 12.3 Å². The Morgan fingerprint density at radius 1 is 1.50 bits per heavy atom. The normalized spacial score (nSPS) is 17.9. The third-order valence-corrected chi connectivity index (χ3v) is 3.93. The molecular formula is C12H16BrNO2. The number of nitrogens with one attached hydrogen (secondary N) is 1. The van der Waals surface area contributed by atoms with E-state index in [2.05, 4.69) is 28.2 Å². The van der Waals surface area contributed by atoms with Gasteiger partial charge >= 0.3 is 0 Å². The van der Waals surface area contributed by atoms with Crippen LogP contribution in [0.2, 0.25) is 0 Å². The lowest BCUT2D eigenvalue weighted by molar-refractivity contribution is -0.128. The Morgan fingerprint density at radius 3 is 2.81 bits per heavy atom. The summed E-state index contributed by atoms with van der Waals surface area (Å²) >= 11 is 3.50. The van der Waals surface area contributed by atoms with Crippen LogP contribution in [-0.2, 0) is 4.74 Å². The predicted octanol–water partition coefficient (Wildman–Crippen LogP) is 2.18.